The Hall–Kier alpha value is -3.67. The van der Waals surface area contributed by atoms with Gasteiger partial charge < -0.3 is 26.6 Å². The first kappa shape index (κ1) is 23.7. The van der Waals surface area contributed by atoms with Crippen molar-refractivity contribution in [2.45, 2.75) is 50.4 Å². The molecule has 37 heavy (non-hydrogen) atoms. The molecule has 1 amide bonds. The largest absolute Gasteiger partial charge is 0.390 e. The number of rotatable bonds is 6. The van der Waals surface area contributed by atoms with Crippen molar-refractivity contribution in [3.63, 3.8) is 0 Å². The van der Waals surface area contributed by atoms with Crippen molar-refractivity contribution in [2.24, 2.45) is 5.92 Å². The third-order valence-electron chi connectivity index (χ3n) is 7.00. The van der Waals surface area contributed by atoms with Crippen LogP contribution in [0.4, 0.5) is 17.5 Å². The molecule has 0 saturated heterocycles. The number of aliphatic hydroxyl groups excluding tert-OH is 2. The average Bonchev–Trinajstić information content (AvgIpc) is 3.57. The topological polar surface area (TPSA) is 159 Å². The molecule has 11 heteroatoms. The predicted octanol–water partition coefficient (Wildman–Crippen LogP) is 3.08. The van der Waals surface area contributed by atoms with Gasteiger partial charge in [0.05, 0.1) is 39.7 Å². The molecule has 3 heterocycles. The Bertz CT molecular complexity index is 1470. The lowest BCUT2D eigenvalue weighted by molar-refractivity contribution is -0.123. The van der Waals surface area contributed by atoms with Crippen LogP contribution in [0.2, 0.25) is 0 Å². The molecule has 10 nitrogen and oxygen atoms in total. The Labute approximate surface area is 217 Å². The number of nitrogens with two attached hydrogens (primary N) is 1. The number of carbonyl (C=O) groups is 1. The molecular formula is C26H27N7O3S. The molecule has 2 aliphatic carbocycles. The monoisotopic (exact) mass is 517 g/mol. The van der Waals surface area contributed by atoms with Gasteiger partial charge in [0.25, 0.3) is 0 Å². The van der Waals surface area contributed by atoms with E-state index in [4.69, 9.17) is 10.7 Å². The van der Waals surface area contributed by atoms with Crippen molar-refractivity contribution < 1.29 is 15.0 Å². The zero-order valence-electron chi connectivity index (χ0n) is 20.1. The van der Waals surface area contributed by atoms with Crippen LogP contribution < -0.4 is 16.4 Å². The molecular weight excluding hydrogens is 490 g/mol. The number of hydrogen-bond acceptors (Lipinski definition) is 10. The number of aryl methyl sites for hydroxylation is 1. The van der Waals surface area contributed by atoms with Gasteiger partial charge in [0.1, 0.15) is 22.4 Å². The first-order chi connectivity index (χ1) is 17.9. The first-order valence-electron chi connectivity index (χ1n) is 12.3. The van der Waals surface area contributed by atoms with Crippen LogP contribution in [0.1, 0.15) is 36.6 Å². The van der Waals surface area contributed by atoms with Crippen LogP contribution in [-0.4, -0.2) is 54.3 Å². The summed E-state index contributed by atoms with van der Waals surface area (Å²) < 4.78 is 1.03. The van der Waals surface area contributed by atoms with Crippen molar-refractivity contribution in [3.05, 3.63) is 54.0 Å². The number of thiazole rings is 1. The molecule has 0 spiro atoms. The van der Waals surface area contributed by atoms with E-state index in [1.807, 2.05) is 37.4 Å². The lowest BCUT2D eigenvalue weighted by Gasteiger charge is -2.20. The molecule has 4 unspecified atom stereocenters. The van der Waals surface area contributed by atoms with Gasteiger partial charge >= 0.3 is 0 Å². The van der Waals surface area contributed by atoms with Gasteiger partial charge in [0.15, 0.2) is 0 Å². The van der Waals surface area contributed by atoms with E-state index in [9.17, 15) is 15.0 Å². The van der Waals surface area contributed by atoms with Crippen molar-refractivity contribution in [1.29, 1.82) is 0 Å². The van der Waals surface area contributed by atoms with E-state index in [-0.39, 0.29) is 18.3 Å². The van der Waals surface area contributed by atoms with Crippen LogP contribution in [0.5, 0.6) is 0 Å². The third-order valence-corrected chi connectivity index (χ3v) is 8.04. The van der Waals surface area contributed by atoms with Crippen molar-refractivity contribution in [1.82, 2.24) is 19.9 Å². The van der Waals surface area contributed by atoms with E-state index >= 15 is 0 Å². The Balaban J connectivity index is 1.30. The molecule has 6 N–H and O–H groups in total. The number of amides is 1. The highest BCUT2D eigenvalue weighted by Gasteiger charge is 2.45. The lowest BCUT2D eigenvalue weighted by atomic mass is 10.0. The number of nitrogens with zero attached hydrogens (tertiary/aromatic N) is 4. The maximum Gasteiger partial charge on any atom is 0.230 e. The van der Waals surface area contributed by atoms with E-state index in [2.05, 4.69) is 25.6 Å². The van der Waals surface area contributed by atoms with E-state index < -0.39 is 24.2 Å². The minimum Gasteiger partial charge on any atom is -0.390 e. The van der Waals surface area contributed by atoms with E-state index in [1.165, 1.54) is 11.3 Å². The standard InChI is InChI=1S/C26H27N7O3S/c1-12-18(25-32-20-17(37-25)9-10-28-19(20)13-7-8-13)23(33-26(27)29-12)31-16-11-15(21(34)22(16)35)24(36)30-14-5-3-2-4-6-14/h2-6,9-10,13,15-16,21-22,34-35H,7-8,11H2,1H3,(H,30,36)(H3,27,29,31,33). The molecule has 0 aliphatic heterocycles. The van der Waals surface area contributed by atoms with Gasteiger partial charge in [-0.1, -0.05) is 18.2 Å². The number of nitrogen functional groups attached to an aromatic ring is 1. The first-order valence-corrected chi connectivity index (χ1v) is 13.1. The number of carbonyl (C=O) groups excluding carboxylic acids is 1. The highest BCUT2D eigenvalue weighted by molar-refractivity contribution is 7.21. The van der Waals surface area contributed by atoms with Crippen molar-refractivity contribution in [3.8, 4) is 10.6 Å². The van der Waals surface area contributed by atoms with Gasteiger partial charge in [-0.2, -0.15) is 4.98 Å². The third kappa shape index (κ3) is 4.50. The Morgan fingerprint density at radius 1 is 1.08 bits per heavy atom. The number of anilines is 3. The quantitative estimate of drug-likeness (QED) is 0.259. The molecule has 0 bridgehead atoms. The summed E-state index contributed by atoms with van der Waals surface area (Å²) in [6, 6.07) is 10.3. The number of fused-ring (bicyclic) bond motifs is 1. The number of para-hydroxylation sites is 1. The second kappa shape index (κ2) is 9.33. The fourth-order valence-electron chi connectivity index (χ4n) is 4.96. The summed E-state index contributed by atoms with van der Waals surface area (Å²) in [5, 5.41) is 28.3. The SMILES string of the molecule is Cc1nc(N)nc(NC2CC(C(=O)Nc3ccccc3)C(O)C2O)c1-c1nc2c(C3CC3)nccc2s1. The van der Waals surface area contributed by atoms with E-state index in [0.717, 1.165) is 33.8 Å². The smallest absolute Gasteiger partial charge is 0.230 e. The Morgan fingerprint density at radius 3 is 2.62 bits per heavy atom. The van der Waals surface area contributed by atoms with Crippen LogP contribution in [0.15, 0.2) is 42.6 Å². The van der Waals surface area contributed by atoms with Gasteiger partial charge in [-0.25, -0.2) is 9.97 Å². The molecule has 4 atom stereocenters. The summed E-state index contributed by atoms with van der Waals surface area (Å²) in [5.74, 6) is -0.214. The van der Waals surface area contributed by atoms with Crippen LogP contribution in [-0.2, 0) is 4.79 Å². The number of pyridine rings is 1. The number of hydrogen-bond donors (Lipinski definition) is 5. The fraction of sp³-hybridized carbons (Fsp3) is 0.346. The van der Waals surface area contributed by atoms with Crippen LogP contribution >= 0.6 is 11.3 Å². The second-order valence-corrected chi connectivity index (χ2v) is 10.7. The number of benzene rings is 1. The van der Waals surface area contributed by atoms with Crippen molar-refractivity contribution in [2.75, 3.05) is 16.4 Å². The highest BCUT2D eigenvalue weighted by atomic mass is 32.1. The van der Waals surface area contributed by atoms with Gasteiger partial charge in [-0.05, 0) is 44.4 Å². The maximum atomic E-state index is 12.9. The van der Waals surface area contributed by atoms with Gasteiger partial charge in [-0.3, -0.25) is 9.78 Å². The minimum absolute atomic E-state index is 0.0802. The van der Waals surface area contributed by atoms with E-state index in [1.54, 1.807) is 12.1 Å². The fourth-order valence-corrected chi connectivity index (χ4v) is 6.03. The highest BCUT2D eigenvalue weighted by Crippen LogP contribution is 2.44. The predicted molar refractivity (Wildman–Crippen MR) is 142 cm³/mol. The van der Waals surface area contributed by atoms with Crippen molar-refractivity contribution >= 4 is 44.9 Å². The van der Waals surface area contributed by atoms with Gasteiger partial charge in [0.2, 0.25) is 11.9 Å². The molecule has 6 rings (SSSR count). The number of aromatic nitrogens is 4. The zero-order chi connectivity index (χ0) is 25.7. The zero-order valence-corrected chi connectivity index (χ0v) is 20.9. The molecule has 2 saturated carbocycles. The summed E-state index contributed by atoms with van der Waals surface area (Å²) in [4.78, 5) is 31.1. The molecule has 1 aromatic carbocycles. The Kier molecular flexibility index (Phi) is 5.98. The van der Waals surface area contributed by atoms with Crippen LogP contribution in [0.3, 0.4) is 0 Å². The number of aliphatic hydroxyl groups is 2. The average molecular weight is 518 g/mol. The normalized spacial score (nSPS) is 23.3. The Morgan fingerprint density at radius 2 is 1.86 bits per heavy atom. The summed E-state index contributed by atoms with van der Waals surface area (Å²) in [6.07, 6.45) is 1.85. The summed E-state index contributed by atoms with van der Waals surface area (Å²) in [6.45, 7) is 1.83. The lowest BCUT2D eigenvalue weighted by Crippen LogP contribution is -2.37. The number of nitrogens with one attached hydrogen (secondary N) is 2. The summed E-state index contributed by atoms with van der Waals surface area (Å²) >= 11 is 1.52. The van der Waals surface area contributed by atoms with Crippen LogP contribution in [0, 0.1) is 12.8 Å². The maximum absolute atomic E-state index is 12.9. The van der Waals surface area contributed by atoms with Gasteiger partial charge in [-0.15, -0.1) is 11.3 Å². The molecule has 4 aromatic rings. The molecule has 190 valence electrons. The van der Waals surface area contributed by atoms with E-state index in [0.29, 0.717) is 28.7 Å². The molecule has 2 aliphatic rings. The van der Waals surface area contributed by atoms with Crippen LogP contribution in [0.25, 0.3) is 20.8 Å². The molecule has 2 fully saturated rings. The molecule has 3 aromatic heterocycles. The summed E-state index contributed by atoms with van der Waals surface area (Å²) in [7, 11) is 0. The minimum atomic E-state index is -1.24. The van der Waals surface area contributed by atoms with Gasteiger partial charge in [0, 0.05) is 17.8 Å². The second-order valence-electron chi connectivity index (χ2n) is 9.66. The summed E-state index contributed by atoms with van der Waals surface area (Å²) in [5.41, 5.74) is 9.84. The molecule has 0 radical (unpaired) electrons.